The Kier molecular flexibility index (Phi) is 3.45. The normalized spacial score (nSPS) is 18.8. The number of nitro groups is 1. The van der Waals surface area contributed by atoms with E-state index in [1.165, 1.54) is 12.1 Å². The van der Waals surface area contributed by atoms with Gasteiger partial charge in [0.1, 0.15) is 6.61 Å². The number of rotatable bonds is 4. The monoisotopic (exact) mass is 250 g/mol. The molecule has 1 aromatic rings. The minimum atomic E-state index is -0.426. The lowest BCUT2D eigenvalue weighted by molar-refractivity contribution is -0.384. The van der Waals surface area contributed by atoms with Crippen molar-refractivity contribution in [2.45, 2.75) is 19.4 Å². The van der Waals surface area contributed by atoms with Gasteiger partial charge in [-0.25, -0.2) is 4.79 Å². The van der Waals surface area contributed by atoms with Crippen molar-refractivity contribution in [3.05, 3.63) is 39.9 Å². The van der Waals surface area contributed by atoms with E-state index in [9.17, 15) is 14.9 Å². The Balaban J connectivity index is 2.05. The highest BCUT2D eigenvalue weighted by atomic mass is 16.6. The second-order valence-electron chi connectivity index (χ2n) is 4.14. The van der Waals surface area contributed by atoms with Crippen molar-refractivity contribution in [3.8, 4) is 0 Å². The van der Waals surface area contributed by atoms with E-state index in [0.29, 0.717) is 19.6 Å². The van der Waals surface area contributed by atoms with Gasteiger partial charge < -0.3 is 9.64 Å². The topological polar surface area (TPSA) is 72.7 Å². The molecule has 1 amide bonds. The van der Waals surface area contributed by atoms with Crippen LogP contribution in [0.15, 0.2) is 24.3 Å². The van der Waals surface area contributed by atoms with Gasteiger partial charge >= 0.3 is 6.09 Å². The average Bonchev–Trinajstić information content (AvgIpc) is 2.70. The molecule has 18 heavy (non-hydrogen) atoms. The molecule has 1 aliphatic heterocycles. The lowest BCUT2D eigenvalue weighted by atomic mass is 10.1. The highest BCUT2D eigenvalue weighted by Crippen LogP contribution is 2.18. The van der Waals surface area contributed by atoms with Crippen LogP contribution < -0.4 is 0 Å². The number of likely N-dealkylation sites (N-methyl/N-ethyl adjacent to an activating group) is 1. The number of nitrogens with zero attached hydrogens (tertiary/aromatic N) is 2. The van der Waals surface area contributed by atoms with Gasteiger partial charge in [0.25, 0.3) is 5.69 Å². The van der Waals surface area contributed by atoms with E-state index in [1.54, 1.807) is 17.0 Å². The van der Waals surface area contributed by atoms with E-state index in [-0.39, 0.29) is 17.8 Å². The Hall–Kier alpha value is -2.11. The van der Waals surface area contributed by atoms with Gasteiger partial charge in [0, 0.05) is 18.7 Å². The molecule has 0 bridgehead atoms. The molecule has 1 saturated heterocycles. The highest BCUT2D eigenvalue weighted by Gasteiger charge is 2.31. The molecule has 1 unspecified atom stereocenters. The molecule has 0 radical (unpaired) electrons. The second-order valence-corrected chi connectivity index (χ2v) is 4.14. The summed E-state index contributed by atoms with van der Waals surface area (Å²) in [6.45, 7) is 2.88. The minimum Gasteiger partial charge on any atom is -0.447 e. The van der Waals surface area contributed by atoms with Gasteiger partial charge in [0.15, 0.2) is 0 Å². The number of carbonyl (C=O) groups excluding carboxylic acids is 1. The number of cyclic esters (lactones) is 1. The maximum Gasteiger partial charge on any atom is 0.410 e. The summed E-state index contributed by atoms with van der Waals surface area (Å²) in [7, 11) is 0. The van der Waals surface area contributed by atoms with Crippen LogP contribution in [0.1, 0.15) is 12.5 Å². The van der Waals surface area contributed by atoms with Crippen molar-refractivity contribution in [2.24, 2.45) is 0 Å². The minimum absolute atomic E-state index is 0.0176. The molecule has 0 aliphatic carbocycles. The molecule has 1 aliphatic rings. The van der Waals surface area contributed by atoms with Gasteiger partial charge in [0.2, 0.25) is 0 Å². The zero-order valence-electron chi connectivity index (χ0n) is 10.0. The summed E-state index contributed by atoms with van der Waals surface area (Å²) in [6.07, 6.45) is 0.363. The van der Waals surface area contributed by atoms with E-state index < -0.39 is 4.92 Å². The molecular weight excluding hydrogens is 236 g/mol. The third-order valence-electron chi connectivity index (χ3n) is 3.03. The molecule has 6 nitrogen and oxygen atoms in total. The molecule has 96 valence electrons. The van der Waals surface area contributed by atoms with Gasteiger partial charge in [-0.15, -0.1) is 0 Å². The summed E-state index contributed by atoms with van der Waals surface area (Å²) in [5.74, 6) is 0. The Morgan fingerprint density at radius 3 is 2.67 bits per heavy atom. The molecular formula is C12H14N2O4. The third-order valence-corrected chi connectivity index (χ3v) is 3.03. The van der Waals surface area contributed by atoms with Gasteiger partial charge in [-0.3, -0.25) is 10.1 Å². The predicted molar refractivity (Wildman–Crippen MR) is 64.3 cm³/mol. The van der Waals surface area contributed by atoms with E-state index in [2.05, 4.69) is 0 Å². The zero-order chi connectivity index (χ0) is 13.1. The Labute approximate surface area is 104 Å². The van der Waals surface area contributed by atoms with Crippen LogP contribution in [0, 0.1) is 10.1 Å². The first-order valence-corrected chi connectivity index (χ1v) is 5.78. The summed E-state index contributed by atoms with van der Waals surface area (Å²) in [5, 5.41) is 10.5. The number of amides is 1. The van der Waals surface area contributed by atoms with Crippen molar-refractivity contribution < 1.29 is 14.5 Å². The zero-order valence-corrected chi connectivity index (χ0v) is 10.0. The standard InChI is InChI=1S/C12H14N2O4/c1-2-13-11(8-18-12(13)15)7-9-3-5-10(6-4-9)14(16)17/h3-6,11H,2,7-8H2,1H3. The maximum atomic E-state index is 11.4. The molecule has 1 heterocycles. The van der Waals surface area contributed by atoms with Crippen molar-refractivity contribution >= 4 is 11.8 Å². The molecule has 0 saturated carbocycles. The molecule has 0 aromatic heterocycles. The Bertz CT molecular complexity index is 458. The number of nitro benzene ring substituents is 1. The van der Waals surface area contributed by atoms with Crippen LogP contribution in [0.2, 0.25) is 0 Å². The van der Waals surface area contributed by atoms with Gasteiger partial charge in [-0.05, 0) is 18.9 Å². The Morgan fingerprint density at radius 2 is 2.11 bits per heavy atom. The number of ether oxygens (including phenoxy) is 1. The van der Waals surface area contributed by atoms with Crippen LogP contribution in [0.3, 0.4) is 0 Å². The number of hydrogen-bond acceptors (Lipinski definition) is 4. The number of benzene rings is 1. The molecule has 1 aromatic carbocycles. The summed E-state index contributed by atoms with van der Waals surface area (Å²) >= 11 is 0. The summed E-state index contributed by atoms with van der Waals surface area (Å²) in [4.78, 5) is 23.1. The lowest BCUT2D eigenvalue weighted by Crippen LogP contribution is -2.34. The van der Waals surface area contributed by atoms with Crippen LogP contribution in [-0.4, -0.2) is 35.1 Å². The first kappa shape index (κ1) is 12.3. The fraction of sp³-hybridized carbons (Fsp3) is 0.417. The van der Waals surface area contributed by atoms with Crippen molar-refractivity contribution in [1.29, 1.82) is 0 Å². The SMILES string of the molecule is CCN1C(=O)OCC1Cc1ccc([N+](=O)[O-])cc1. The van der Waals surface area contributed by atoms with Gasteiger partial charge in [-0.2, -0.15) is 0 Å². The predicted octanol–water partition coefficient (Wildman–Crippen LogP) is 1.98. The number of carbonyl (C=O) groups is 1. The molecule has 0 N–H and O–H groups in total. The van der Waals surface area contributed by atoms with E-state index in [0.717, 1.165) is 5.56 Å². The number of hydrogen-bond donors (Lipinski definition) is 0. The van der Waals surface area contributed by atoms with Crippen molar-refractivity contribution in [2.75, 3.05) is 13.2 Å². The van der Waals surface area contributed by atoms with Crippen LogP contribution in [0.4, 0.5) is 10.5 Å². The van der Waals surface area contributed by atoms with Crippen LogP contribution >= 0.6 is 0 Å². The highest BCUT2D eigenvalue weighted by molar-refractivity contribution is 5.70. The molecule has 6 heteroatoms. The van der Waals surface area contributed by atoms with Crippen molar-refractivity contribution in [3.63, 3.8) is 0 Å². The first-order chi connectivity index (χ1) is 8.61. The van der Waals surface area contributed by atoms with E-state index >= 15 is 0 Å². The lowest BCUT2D eigenvalue weighted by Gasteiger charge is -2.19. The smallest absolute Gasteiger partial charge is 0.410 e. The number of non-ortho nitro benzene ring substituents is 1. The van der Waals surface area contributed by atoms with Gasteiger partial charge in [0.05, 0.1) is 11.0 Å². The van der Waals surface area contributed by atoms with Crippen LogP contribution in [0.5, 0.6) is 0 Å². The largest absolute Gasteiger partial charge is 0.447 e. The van der Waals surface area contributed by atoms with E-state index in [1.807, 2.05) is 6.92 Å². The molecule has 0 spiro atoms. The molecule has 2 rings (SSSR count). The maximum absolute atomic E-state index is 11.4. The average molecular weight is 250 g/mol. The van der Waals surface area contributed by atoms with E-state index in [4.69, 9.17) is 4.74 Å². The fourth-order valence-corrected chi connectivity index (χ4v) is 2.07. The first-order valence-electron chi connectivity index (χ1n) is 5.78. The summed E-state index contributed by atoms with van der Waals surface area (Å²) < 4.78 is 4.98. The quantitative estimate of drug-likeness (QED) is 0.605. The summed E-state index contributed by atoms with van der Waals surface area (Å²) in [5.41, 5.74) is 1.03. The molecule has 1 fully saturated rings. The summed E-state index contributed by atoms with van der Waals surface area (Å²) in [6, 6.07) is 6.40. The van der Waals surface area contributed by atoms with Crippen LogP contribution in [0.25, 0.3) is 0 Å². The van der Waals surface area contributed by atoms with Crippen LogP contribution in [-0.2, 0) is 11.2 Å². The molecule has 1 atom stereocenters. The second kappa shape index (κ2) is 5.03. The Morgan fingerprint density at radius 1 is 1.44 bits per heavy atom. The fourth-order valence-electron chi connectivity index (χ4n) is 2.07. The van der Waals surface area contributed by atoms with Gasteiger partial charge in [-0.1, -0.05) is 12.1 Å². The van der Waals surface area contributed by atoms with Crippen molar-refractivity contribution in [1.82, 2.24) is 4.90 Å². The third kappa shape index (κ3) is 2.42.